The zero-order valence-corrected chi connectivity index (χ0v) is 19.9. The van der Waals surface area contributed by atoms with Crippen LogP contribution in [-0.2, 0) is 17.8 Å². The first-order valence-electron chi connectivity index (χ1n) is 11.8. The summed E-state index contributed by atoms with van der Waals surface area (Å²) >= 11 is 0. The second kappa shape index (κ2) is 9.62. The Morgan fingerprint density at radius 3 is 2.63 bits per heavy atom. The normalized spacial score (nSPS) is 13.8. The first-order valence-corrected chi connectivity index (χ1v) is 11.8. The summed E-state index contributed by atoms with van der Waals surface area (Å²) in [5, 5.41) is 3.03. The molecular formula is C28H28N4O3. The third-order valence-electron chi connectivity index (χ3n) is 6.48. The van der Waals surface area contributed by atoms with Gasteiger partial charge in [-0.3, -0.25) is 9.59 Å². The number of fused-ring (bicyclic) bond motifs is 2. The summed E-state index contributed by atoms with van der Waals surface area (Å²) in [5.74, 6) is 0.882. The van der Waals surface area contributed by atoms with E-state index >= 15 is 0 Å². The predicted octanol–water partition coefficient (Wildman–Crippen LogP) is 4.52. The zero-order valence-electron chi connectivity index (χ0n) is 19.9. The quantitative estimate of drug-likeness (QED) is 0.452. The molecule has 1 atom stereocenters. The number of benzene rings is 3. The molecule has 2 heterocycles. The van der Waals surface area contributed by atoms with Crippen molar-refractivity contribution >= 4 is 28.5 Å². The number of hydrogen-bond donors (Lipinski definition) is 1. The van der Waals surface area contributed by atoms with Gasteiger partial charge in [0, 0.05) is 12.2 Å². The molecule has 35 heavy (non-hydrogen) atoms. The molecule has 0 fully saturated rings. The van der Waals surface area contributed by atoms with Crippen molar-refractivity contribution in [3.63, 3.8) is 0 Å². The highest BCUT2D eigenvalue weighted by molar-refractivity contribution is 5.97. The monoisotopic (exact) mass is 468 g/mol. The zero-order chi connectivity index (χ0) is 24.4. The van der Waals surface area contributed by atoms with Crippen LogP contribution in [0.3, 0.4) is 0 Å². The van der Waals surface area contributed by atoms with Crippen LogP contribution in [0.1, 0.15) is 41.1 Å². The molecule has 1 unspecified atom stereocenters. The van der Waals surface area contributed by atoms with Crippen LogP contribution in [0.15, 0.2) is 72.8 Å². The number of hydrogen-bond acceptors (Lipinski definition) is 4. The van der Waals surface area contributed by atoms with Crippen molar-refractivity contribution in [1.29, 1.82) is 0 Å². The van der Waals surface area contributed by atoms with Crippen molar-refractivity contribution in [2.75, 3.05) is 18.6 Å². The molecule has 1 aliphatic heterocycles. The Labute approximate surface area is 204 Å². The highest BCUT2D eigenvalue weighted by atomic mass is 16.5. The predicted molar refractivity (Wildman–Crippen MR) is 136 cm³/mol. The summed E-state index contributed by atoms with van der Waals surface area (Å²) in [6.45, 7) is 2.71. The van der Waals surface area contributed by atoms with Gasteiger partial charge in [-0.05, 0) is 55.7 Å². The lowest BCUT2D eigenvalue weighted by Crippen LogP contribution is -2.38. The van der Waals surface area contributed by atoms with Crippen molar-refractivity contribution < 1.29 is 14.3 Å². The van der Waals surface area contributed by atoms with Gasteiger partial charge in [-0.2, -0.15) is 0 Å². The number of nitrogens with one attached hydrogen (secondary N) is 1. The molecule has 2 amide bonds. The van der Waals surface area contributed by atoms with Crippen molar-refractivity contribution in [3.05, 3.63) is 89.7 Å². The molecule has 0 bridgehead atoms. The van der Waals surface area contributed by atoms with Gasteiger partial charge in [0.15, 0.2) is 0 Å². The molecule has 0 saturated carbocycles. The smallest absolute Gasteiger partial charge is 0.255 e. The fourth-order valence-corrected chi connectivity index (χ4v) is 4.78. The summed E-state index contributed by atoms with van der Waals surface area (Å²) in [6, 6.07) is 22.5. The first kappa shape index (κ1) is 22.7. The number of para-hydroxylation sites is 4. The number of amides is 2. The van der Waals surface area contributed by atoms with E-state index in [1.165, 1.54) is 5.56 Å². The molecule has 0 aliphatic carbocycles. The van der Waals surface area contributed by atoms with Crippen LogP contribution in [0.4, 0.5) is 5.69 Å². The van der Waals surface area contributed by atoms with Crippen molar-refractivity contribution in [2.24, 2.45) is 0 Å². The number of methoxy groups -OCH3 is 1. The second-order valence-corrected chi connectivity index (χ2v) is 8.72. The molecule has 7 heteroatoms. The molecule has 1 aromatic heterocycles. The van der Waals surface area contributed by atoms with Crippen molar-refractivity contribution in [1.82, 2.24) is 14.9 Å². The number of anilines is 1. The van der Waals surface area contributed by atoms with Crippen molar-refractivity contribution in [3.8, 4) is 5.75 Å². The molecule has 0 radical (unpaired) electrons. The summed E-state index contributed by atoms with van der Waals surface area (Å²) in [4.78, 5) is 33.2. The average molecular weight is 469 g/mol. The standard InChI is InChI=1S/C28H28N4O3/c1-19(29-28(34)21-12-4-8-16-25(21)35-2)27-30-22-13-5-7-15-24(22)32(27)18-26(33)31-17-9-11-20-10-3-6-14-23(20)31/h3-8,10,12-16,19H,9,11,17-18H2,1-2H3,(H,29,34). The van der Waals surface area contributed by atoms with Crippen LogP contribution in [0.25, 0.3) is 11.0 Å². The topological polar surface area (TPSA) is 76.5 Å². The van der Waals surface area contributed by atoms with Crippen LogP contribution in [0.2, 0.25) is 0 Å². The molecule has 1 N–H and O–H groups in total. The van der Waals surface area contributed by atoms with E-state index in [0.29, 0.717) is 23.7 Å². The Bertz CT molecular complexity index is 1390. The van der Waals surface area contributed by atoms with Crippen molar-refractivity contribution in [2.45, 2.75) is 32.4 Å². The molecule has 178 valence electrons. The van der Waals surface area contributed by atoms with Gasteiger partial charge < -0.3 is 19.5 Å². The maximum atomic E-state index is 13.5. The highest BCUT2D eigenvalue weighted by Gasteiger charge is 2.26. The largest absolute Gasteiger partial charge is 0.496 e. The molecular weight excluding hydrogens is 440 g/mol. The number of aryl methyl sites for hydroxylation is 1. The fourth-order valence-electron chi connectivity index (χ4n) is 4.78. The van der Waals surface area contributed by atoms with Crippen LogP contribution >= 0.6 is 0 Å². The summed E-state index contributed by atoms with van der Waals surface area (Å²) in [6.07, 6.45) is 1.91. The van der Waals surface area contributed by atoms with E-state index in [4.69, 9.17) is 9.72 Å². The van der Waals surface area contributed by atoms with E-state index in [1.807, 2.05) is 64.9 Å². The van der Waals surface area contributed by atoms with Gasteiger partial charge in [-0.15, -0.1) is 0 Å². The van der Waals surface area contributed by atoms with Gasteiger partial charge in [-0.25, -0.2) is 4.98 Å². The summed E-state index contributed by atoms with van der Waals surface area (Å²) in [7, 11) is 1.54. The van der Waals surface area contributed by atoms with Crippen LogP contribution in [0.5, 0.6) is 5.75 Å². The maximum Gasteiger partial charge on any atom is 0.255 e. The Balaban J connectivity index is 1.45. The third-order valence-corrected chi connectivity index (χ3v) is 6.48. The van der Waals surface area contributed by atoms with Gasteiger partial charge >= 0.3 is 0 Å². The fraction of sp³-hybridized carbons (Fsp3) is 0.250. The second-order valence-electron chi connectivity index (χ2n) is 8.72. The first-order chi connectivity index (χ1) is 17.1. The summed E-state index contributed by atoms with van der Waals surface area (Å²) < 4.78 is 7.26. The number of carbonyl (C=O) groups excluding carboxylic acids is 2. The van der Waals surface area contributed by atoms with Gasteiger partial charge in [-0.1, -0.05) is 42.5 Å². The van der Waals surface area contributed by atoms with Crippen LogP contribution in [0, 0.1) is 0 Å². The van der Waals surface area contributed by atoms with E-state index in [-0.39, 0.29) is 18.4 Å². The lowest BCUT2D eigenvalue weighted by atomic mass is 10.0. The number of nitrogens with zero attached hydrogens (tertiary/aromatic N) is 3. The molecule has 3 aromatic carbocycles. The van der Waals surface area contributed by atoms with E-state index in [2.05, 4.69) is 11.4 Å². The van der Waals surface area contributed by atoms with E-state index in [0.717, 1.165) is 29.6 Å². The van der Waals surface area contributed by atoms with Gasteiger partial charge in [0.05, 0.1) is 29.7 Å². The molecule has 5 rings (SSSR count). The number of ether oxygens (including phenoxy) is 1. The molecule has 1 aliphatic rings. The number of aromatic nitrogens is 2. The minimum Gasteiger partial charge on any atom is -0.496 e. The minimum atomic E-state index is -0.429. The molecule has 7 nitrogen and oxygen atoms in total. The number of rotatable bonds is 6. The van der Waals surface area contributed by atoms with Gasteiger partial charge in [0.2, 0.25) is 5.91 Å². The molecule has 0 spiro atoms. The molecule has 4 aromatic rings. The van der Waals surface area contributed by atoms with E-state index in [1.54, 1.807) is 25.3 Å². The Morgan fingerprint density at radius 1 is 1.03 bits per heavy atom. The minimum absolute atomic E-state index is 0.00445. The number of carbonyl (C=O) groups is 2. The highest BCUT2D eigenvalue weighted by Crippen LogP contribution is 2.28. The lowest BCUT2D eigenvalue weighted by molar-refractivity contribution is -0.119. The van der Waals surface area contributed by atoms with Gasteiger partial charge in [0.1, 0.15) is 18.1 Å². The Morgan fingerprint density at radius 2 is 1.77 bits per heavy atom. The molecule has 0 saturated heterocycles. The lowest BCUT2D eigenvalue weighted by Gasteiger charge is -2.30. The van der Waals surface area contributed by atoms with Crippen LogP contribution in [-0.4, -0.2) is 35.0 Å². The SMILES string of the molecule is COc1ccccc1C(=O)NC(C)c1nc2ccccc2n1CC(=O)N1CCCc2ccccc21. The third kappa shape index (κ3) is 4.37. The van der Waals surface area contributed by atoms with E-state index < -0.39 is 6.04 Å². The Hall–Kier alpha value is -4.13. The average Bonchev–Trinajstić information content (AvgIpc) is 3.26. The Kier molecular flexibility index (Phi) is 6.23. The summed E-state index contributed by atoms with van der Waals surface area (Å²) in [5.41, 5.74) is 4.27. The van der Waals surface area contributed by atoms with Gasteiger partial charge in [0.25, 0.3) is 5.91 Å². The van der Waals surface area contributed by atoms with E-state index in [9.17, 15) is 9.59 Å². The maximum absolute atomic E-state index is 13.5. The number of imidazole rings is 1. The van der Waals surface area contributed by atoms with Crippen LogP contribution < -0.4 is 15.0 Å².